The van der Waals surface area contributed by atoms with Crippen molar-refractivity contribution < 1.29 is 28.6 Å². The molecule has 0 radical (unpaired) electrons. The lowest BCUT2D eigenvalue weighted by atomic mass is 9.71. The molecule has 27 heavy (non-hydrogen) atoms. The molecule has 1 aromatic rings. The first-order valence-corrected chi connectivity index (χ1v) is 8.73. The highest BCUT2D eigenvalue weighted by atomic mass is 35.5. The summed E-state index contributed by atoms with van der Waals surface area (Å²) >= 11 is 5.99. The summed E-state index contributed by atoms with van der Waals surface area (Å²) in [7, 11) is 2.51. The van der Waals surface area contributed by atoms with Crippen LogP contribution < -0.4 is 0 Å². The standard InChI is InChI=1S/C19H20ClNO6/c1-10-14(17(23)25-3)15(11-5-7-12(20)8-6-11)16(18(24)26-4)19(2)21(10)13(22)9-27-19/h5-8,15-16H,9H2,1-4H3/t15-,16-,19+/m1/s1. The maximum Gasteiger partial charge on any atom is 0.336 e. The fraction of sp³-hybridized carbons (Fsp3) is 0.421. The fourth-order valence-electron chi connectivity index (χ4n) is 4.05. The van der Waals surface area contributed by atoms with E-state index in [9.17, 15) is 14.4 Å². The Morgan fingerprint density at radius 2 is 1.85 bits per heavy atom. The molecular formula is C19H20ClNO6. The number of nitrogens with zero attached hydrogens (tertiary/aromatic N) is 1. The number of benzene rings is 1. The van der Waals surface area contributed by atoms with Crippen LogP contribution in [0, 0.1) is 5.92 Å². The second-order valence-corrected chi connectivity index (χ2v) is 7.03. The third-order valence-corrected chi connectivity index (χ3v) is 5.47. The van der Waals surface area contributed by atoms with Crippen LogP contribution in [-0.2, 0) is 28.6 Å². The Kier molecular flexibility index (Phi) is 5.01. The Balaban J connectivity index is 2.31. The summed E-state index contributed by atoms with van der Waals surface area (Å²) in [5.74, 6) is -3.24. The second-order valence-electron chi connectivity index (χ2n) is 6.59. The van der Waals surface area contributed by atoms with Crippen molar-refractivity contribution in [2.24, 2.45) is 5.92 Å². The van der Waals surface area contributed by atoms with Crippen LogP contribution in [0.3, 0.4) is 0 Å². The van der Waals surface area contributed by atoms with Crippen LogP contribution in [0.15, 0.2) is 35.5 Å². The van der Waals surface area contributed by atoms with Gasteiger partial charge < -0.3 is 14.2 Å². The second kappa shape index (κ2) is 6.98. The smallest absolute Gasteiger partial charge is 0.336 e. The predicted molar refractivity (Wildman–Crippen MR) is 95.6 cm³/mol. The third-order valence-electron chi connectivity index (χ3n) is 5.22. The number of hydrogen-bond donors (Lipinski definition) is 0. The Morgan fingerprint density at radius 3 is 2.41 bits per heavy atom. The molecule has 8 heteroatoms. The first kappa shape index (κ1) is 19.4. The van der Waals surface area contributed by atoms with Gasteiger partial charge >= 0.3 is 11.9 Å². The van der Waals surface area contributed by atoms with Crippen LogP contribution in [-0.4, -0.2) is 49.3 Å². The predicted octanol–water partition coefficient (Wildman–Crippen LogP) is 2.25. The summed E-state index contributed by atoms with van der Waals surface area (Å²) in [4.78, 5) is 39.3. The van der Waals surface area contributed by atoms with E-state index in [4.69, 9.17) is 25.8 Å². The van der Waals surface area contributed by atoms with Crippen LogP contribution >= 0.6 is 11.6 Å². The summed E-state index contributed by atoms with van der Waals surface area (Å²) in [6, 6.07) is 6.81. The molecule has 2 heterocycles. The molecule has 0 aromatic heterocycles. The largest absolute Gasteiger partial charge is 0.469 e. The van der Waals surface area contributed by atoms with E-state index in [0.29, 0.717) is 16.3 Å². The summed E-state index contributed by atoms with van der Waals surface area (Å²) in [6.45, 7) is 3.11. The lowest BCUT2D eigenvalue weighted by Crippen LogP contribution is -2.58. The molecule has 0 spiro atoms. The van der Waals surface area contributed by atoms with E-state index in [1.165, 1.54) is 19.1 Å². The molecule has 1 saturated heterocycles. The number of fused-ring (bicyclic) bond motifs is 1. The molecule has 144 valence electrons. The molecule has 1 amide bonds. The molecule has 0 bridgehead atoms. The van der Waals surface area contributed by atoms with Gasteiger partial charge in [-0.25, -0.2) is 4.79 Å². The number of hydrogen-bond acceptors (Lipinski definition) is 6. The quantitative estimate of drug-likeness (QED) is 0.732. The maximum atomic E-state index is 12.8. The highest BCUT2D eigenvalue weighted by Crippen LogP contribution is 2.51. The van der Waals surface area contributed by atoms with E-state index in [2.05, 4.69) is 0 Å². The number of esters is 2. The first-order valence-electron chi connectivity index (χ1n) is 8.35. The van der Waals surface area contributed by atoms with Crippen molar-refractivity contribution in [1.82, 2.24) is 4.90 Å². The monoisotopic (exact) mass is 393 g/mol. The Hall–Kier alpha value is -2.38. The molecule has 1 fully saturated rings. The number of allylic oxidation sites excluding steroid dienone is 1. The van der Waals surface area contributed by atoms with E-state index < -0.39 is 29.5 Å². The molecule has 2 aliphatic rings. The highest BCUT2D eigenvalue weighted by molar-refractivity contribution is 6.30. The molecule has 0 N–H and O–H groups in total. The van der Waals surface area contributed by atoms with Crippen LogP contribution in [0.5, 0.6) is 0 Å². The fourth-order valence-corrected chi connectivity index (χ4v) is 4.18. The molecule has 3 rings (SSSR count). The molecule has 1 aromatic carbocycles. The van der Waals surface area contributed by atoms with Gasteiger partial charge in [0.25, 0.3) is 5.91 Å². The Morgan fingerprint density at radius 1 is 1.22 bits per heavy atom. The Labute approximate surface area is 161 Å². The van der Waals surface area contributed by atoms with Gasteiger partial charge in [0.2, 0.25) is 0 Å². The van der Waals surface area contributed by atoms with E-state index in [-0.39, 0.29) is 18.1 Å². The minimum Gasteiger partial charge on any atom is -0.469 e. The van der Waals surface area contributed by atoms with Gasteiger partial charge in [-0.1, -0.05) is 23.7 Å². The topological polar surface area (TPSA) is 82.1 Å². The number of amides is 1. The van der Waals surface area contributed by atoms with Crippen molar-refractivity contribution in [2.75, 3.05) is 20.8 Å². The van der Waals surface area contributed by atoms with Crippen molar-refractivity contribution in [2.45, 2.75) is 25.5 Å². The van der Waals surface area contributed by atoms with Crippen molar-refractivity contribution in [3.05, 3.63) is 46.1 Å². The molecule has 3 atom stereocenters. The molecule has 0 aliphatic carbocycles. The van der Waals surface area contributed by atoms with Crippen molar-refractivity contribution in [1.29, 1.82) is 0 Å². The Bertz CT molecular complexity index is 833. The van der Waals surface area contributed by atoms with Crippen LogP contribution in [0.4, 0.5) is 0 Å². The minimum atomic E-state index is -1.28. The number of rotatable bonds is 3. The maximum absolute atomic E-state index is 12.8. The SMILES string of the molecule is COC(=O)C1=C(C)N2C(=O)CO[C@@]2(C)[C@@H](C(=O)OC)[C@@H]1c1ccc(Cl)cc1. The number of carbonyl (C=O) groups excluding carboxylic acids is 3. The summed E-state index contributed by atoms with van der Waals surface area (Å²) < 4.78 is 15.7. The van der Waals surface area contributed by atoms with Crippen LogP contribution in [0.1, 0.15) is 25.3 Å². The van der Waals surface area contributed by atoms with Crippen molar-refractivity contribution in [3.63, 3.8) is 0 Å². The van der Waals surface area contributed by atoms with Gasteiger partial charge in [0.05, 0.1) is 19.8 Å². The molecule has 7 nitrogen and oxygen atoms in total. The van der Waals surface area contributed by atoms with Crippen LogP contribution in [0.2, 0.25) is 5.02 Å². The molecule has 2 aliphatic heterocycles. The first-order chi connectivity index (χ1) is 12.8. The average Bonchev–Trinajstić information content (AvgIpc) is 2.96. The van der Waals surface area contributed by atoms with E-state index >= 15 is 0 Å². The average molecular weight is 394 g/mol. The summed E-state index contributed by atoms with van der Waals surface area (Å²) in [5, 5.41) is 0.518. The number of methoxy groups -OCH3 is 2. The molecule has 0 unspecified atom stereocenters. The molecule has 0 saturated carbocycles. The van der Waals surface area contributed by atoms with Gasteiger partial charge in [0.1, 0.15) is 12.5 Å². The third kappa shape index (κ3) is 2.91. The van der Waals surface area contributed by atoms with Gasteiger partial charge in [-0.3, -0.25) is 14.5 Å². The molecular weight excluding hydrogens is 374 g/mol. The van der Waals surface area contributed by atoms with Gasteiger partial charge in [-0.2, -0.15) is 0 Å². The lowest BCUT2D eigenvalue weighted by Gasteiger charge is -2.47. The van der Waals surface area contributed by atoms with Crippen LogP contribution in [0.25, 0.3) is 0 Å². The zero-order valence-electron chi connectivity index (χ0n) is 15.4. The van der Waals surface area contributed by atoms with Gasteiger partial charge in [-0.15, -0.1) is 0 Å². The number of carbonyl (C=O) groups is 3. The van der Waals surface area contributed by atoms with E-state index in [1.807, 2.05) is 0 Å². The normalized spacial score (nSPS) is 27.4. The van der Waals surface area contributed by atoms with Crippen molar-refractivity contribution in [3.8, 4) is 0 Å². The summed E-state index contributed by atoms with van der Waals surface area (Å²) in [5.41, 5.74) is -0.00678. The minimum absolute atomic E-state index is 0.191. The highest BCUT2D eigenvalue weighted by Gasteiger charge is 2.61. The summed E-state index contributed by atoms with van der Waals surface area (Å²) in [6.07, 6.45) is 0. The van der Waals surface area contributed by atoms with Gasteiger partial charge in [-0.05, 0) is 31.5 Å². The van der Waals surface area contributed by atoms with E-state index in [1.54, 1.807) is 38.1 Å². The van der Waals surface area contributed by atoms with E-state index in [0.717, 1.165) is 0 Å². The van der Waals surface area contributed by atoms with Gasteiger partial charge in [0.15, 0.2) is 5.72 Å². The number of halogens is 1. The number of ether oxygens (including phenoxy) is 3. The van der Waals surface area contributed by atoms with Gasteiger partial charge in [0, 0.05) is 16.6 Å². The lowest BCUT2D eigenvalue weighted by molar-refractivity contribution is -0.172. The van der Waals surface area contributed by atoms with Crippen molar-refractivity contribution >= 4 is 29.4 Å². The zero-order chi connectivity index (χ0) is 19.9. The zero-order valence-corrected chi connectivity index (χ0v) is 16.2.